The molecule has 1 amide bonds. The predicted octanol–water partition coefficient (Wildman–Crippen LogP) is 2.00. The molecule has 0 radical (unpaired) electrons. The van der Waals surface area contributed by atoms with Gasteiger partial charge in [-0.3, -0.25) is 9.89 Å². The van der Waals surface area contributed by atoms with Crippen molar-refractivity contribution in [1.82, 2.24) is 25.4 Å². The fraction of sp³-hybridized carbons (Fsp3) is 0.400. The van der Waals surface area contributed by atoms with Crippen molar-refractivity contribution in [1.29, 1.82) is 0 Å². The van der Waals surface area contributed by atoms with Crippen LogP contribution in [0.15, 0.2) is 35.0 Å². The minimum Gasteiger partial charge on any atom is -0.493 e. The van der Waals surface area contributed by atoms with Crippen LogP contribution in [-0.2, 0) is 22.4 Å². The Labute approximate surface area is 172 Å². The summed E-state index contributed by atoms with van der Waals surface area (Å²) in [6.45, 7) is 3.49. The Bertz CT molecular complexity index is 1000. The first-order valence-corrected chi connectivity index (χ1v) is 9.68. The van der Waals surface area contributed by atoms with Crippen LogP contribution in [0.25, 0.3) is 0 Å². The van der Waals surface area contributed by atoms with Gasteiger partial charge in [0.05, 0.1) is 31.9 Å². The SMILES string of the molecule is Cc1nonc1CC(=O)N1CCOC(c2cc(CCOc3cccc(F)c3)[nH]n2)C1. The molecular weight excluding hydrogens is 393 g/mol. The molecular formula is C20H22FN5O4. The standard InChI is InChI=1S/C20H22FN5O4/c1-13-17(25-30-24-13)11-20(27)26-6-8-29-19(12-26)18-10-15(22-23-18)5-7-28-16-4-2-3-14(21)9-16/h2-4,9-10,19H,5-8,11-12H2,1H3,(H,22,23). The molecule has 1 N–H and O–H groups in total. The molecule has 0 aliphatic carbocycles. The van der Waals surface area contributed by atoms with Crippen molar-refractivity contribution < 1.29 is 23.3 Å². The molecule has 1 aliphatic rings. The monoisotopic (exact) mass is 415 g/mol. The van der Waals surface area contributed by atoms with Crippen molar-refractivity contribution in [2.45, 2.75) is 25.9 Å². The number of morpholine rings is 1. The number of amides is 1. The number of hydrogen-bond donors (Lipinski definition) is 1. The highest BCUT2D eigenvalue weighted by Gasteiger charge is 2.28. The van der Waals surface area contributed by atoms with Crippen LogP contribution < -0.4 is 4.74 Å². The van der Waals surface area contributed by atoms with E-state index in [1.807, 2.05) is 6.07 Å². The number of hydrogen-bond acceptors (Lipinski definition) is 7. The van der Waals surface area contributed by atoms with Crippen molar-refractivity contribution in [2.24, 2.45) is 0 Å². The van der Waals surface area contributed by atoms with Gasteiger partial charge in [0.2, 0.25) is 5.91 Å². The summed E-state index contributed by atoms with van der Waals surface area (Å²) in [6.07, 6.45) is 0.413. The molecule has 30 heavy (non-hydrogen) atoms. The number of carbonyl (C=O) groups is 1. The van der Waals surface area contributed by atoms with Gasteiger partial charge >= 0.3 is 0 Å². The zero-order valence-corrected chi connectivity index (χ0v) is 16.5. The third-order valence-corrected chi connectivity index (χ3v) is 4.90. The number of carbonyl (C=O) groups excluding carboxylic acids is 1. The Kier molecular flexibility index (Phi) is 6.03. The number of aryl methyl sites for hydroxylation is 1. The summed E-state index contributed by atoms with van der Waals surface area (Å²) in [4.78, 5) is 14.3. The molecule has 2 aromatic heterocycles. The molecule has 0 saturated carbocycles. The normalized spacial score (nSPS) is 16.6. The molecule has 1 aliphatic heterocycles. The van der Waals surface area contributed by atoms with Crippen LogP contribution in [0.2, 0.25) is 0 Å². The number of benzene rings is 1. The smallest absolute Gasteiger partial charge is 0.228 e. The van der Waals surface area contributed by atoms with Crippen LogP contribution >= 0.6 is 0 Å². The van der Waals surface area contributed by atoms with Crippen LogP contribution in [-0.4, -0.2) is 57.6 Å². The minimum atomic E-state index is -0.333. The maximum Gasteiger partial charge on any atom is 0.228 e. The Balaban J connectivity index is 1.30. The van der Waals surface area contributed by atoms with Crippen LogP contribution in [0.3, 0.4) is 0 Å². The molecule has 0 spiro atoms. The van der Waals surface area contributed by atoms with E-state index in [2.05, 4.69) is 25.1 Å². The van der Waals surface area contributed by atoms with Crippen molar-refractivity contribution in [3.63, 3.8) is 0 Å². The second kappa shape index (κ2) is 9.04. The zero-order chi connectivity index (χ0) is 20.9. The van der Waals surface area contributed by atoms with Crippen LogP contribution in [0.1, 0.15) is 28.9 Å². The number of nitrogens with zero attached hydrogens (tertiary/aromatic N) is 4. The van der Waals surface area contributed by atoms with Gasteiger partial charge in [0.15, 0.2) is 0 Å². The molecule has 0 bridgehead atoms. The Morgan fingerprint density at radius 2 is 2.27 bits per heavy atom. The van der Waals surface area contributed by atoms with E-state index in [0.717, 1.165) is 11.4 Å². The maximum absolute atomic E-state index is 13.2. The molecule has 158 valence electrons. The van der Waals surface area contributed by atoms with Gasteiger partial charge in [-0.05, 0) is 25.1 Å². The number of nitrogens with one attached hydrogen (secondary N) is 1. The van der Waals surface area contributed by atoms with Crippen LogP contribution in [0.5, 0.6) is 5.75 Å². The van der Waals surface area contributed by atoms with Crippen molar-refractivity contribution in [2.75, 3.05) is 26.3 Å². The highest BCUT2D eigenvalue weighted by molar-refractivity contribution is 5.78. The first-order chi connectivity index (χ1) is 14.6. The molecule has 1 unspecified atom stereocenters. The van der Waals surface area contributed by atoms with Crippen LogP contribution in [0, 0.1) is 12.7 Å². The third kappa shape index (κ3) is 4.82. The second-order valence-electron chi connectivity index (χ2n) is 7.05. The van der Waals surface area contributed by atoms with Gasteiger partial charge in [-0.25, -0.2) is 9.02 Å². The molecule has 1 atom stereocenters. The number of aromatic nitrogens is 4. The van der Waals surface area contributed by atoms with E-state index in [4.69, 9.17) is 9.47 Å². The summed E-state index contributed by atoms with van der Waals surface area (Å²) in [7, 11) is 0. The molecule has 1 aromatic carbocycles. The van der Waals surface area contributed by atoms with E-state index < -0.39 is 0 Å². The van der Waals surface area contributed by atoms with Gasteiger partial charge < -0.3 is 14.4 Å². The Hall–Kier alpha value is -3.27. The van der Waals surface area contributed by atoms with E-state index in [1.54, 1.807) is 24.0 Å². The van der Waals surface area contributed by atoms with Crippen molar-refractivity contribution in [3.8, 4) is 5.75 Å². The Morgan fingerprint density at radius 3 is 3.07 bits per heavy atom. The lowest BCUT2D eigenvalue weighted by Crippen LogP contribution is -2.43. The van der Waals surface area contributed by atoms with E-state index in [-0.39, 0.29) is 24.2 Å². The third-order valence-electron chi connectivity index (χ3n) is 4.90. The lowest BCUT2D eigenvalue weighted by Gasteiger charge is -2.32. The molecule has 10 heteroatoms. The average Bonchev–Trinajstić information content (AvgIpc) is 3.38. The van der Waals surface area contributed by atoms with E-state index in [1.165, 1.54) is 12.1 Å². The summed E-state index contributed by atoms with van der Waals surface area (Å²) in [6, 6.07) is 7.93. The highest BCUT2D eigenvalue weighted by atomic mass is 19.1. The predicted molar refractivity (Wildman–Crippen MR) is 102 cm³/mol. The number of aromatic amines is 1. The summed E-state index contributed by atoms with van der Waals surface area (Å²) in [5.74, 6) is 0.0956. The summed E-state index contributed by atoms with van der Waals surface area (Å²) < 4.78 is 29.2. The van der Waals surface area contributed by atoms with Gasteiger partial charge in [0, 0.05) is 24.7 Å². The lowest BCUT2D eigenvalue weighted by molar-refractivity contribution is -0.138. The molecule has 3 aromatic rings. The first-order valence-electron chi connectivity index (χ1n) is 9.68. The quantitative estimate of drug-likeness (QED) is 0.629. The van der Waals surface area contributed by atoms with Crippen molar-refractivity contribution in [3.05, 3.63) is 58.9 Å². The molecule has 3 heterocycles. The summed E-state index contributed by atoms with van der Waals surface area (Å²) >= 11 is 0. The molecule has 9 nitrogen and oxygen atoms in total. The van der Waals surface area contributed by atoms with Gasteiger partial charge in [-0.2, -0.15) is 5.10 Å². The average molecular weight is 415 g/mol. The lowest BCUT2D eigenvalue weighted by atomic mass is 10.1. The van der Waals surface area contributed by atoms with Gasteiger partial charge in [-0.15, -0.1) is 0 Å². The molecule has 1 fully saturated rings. The van der Waals surface area contributed by atoms with Gasteiger partial charge in [0.1, 0.15) is 29.1 Å². The summed E-state index contributed by atoms with van der Waals surface area (Å²) in [5.41, 5.74) is 2.76. The first kappa shape index (κ1) is 20.0. The fourth-order valence-corrected chi connectivity index (χ4v) is 3.23. The van der Waals surface area contributed by atoms with Gasteiger partial charge in [0.25, 0.3) is 0 Å². The molecule has 4 rings (SSSR count). The highest BCUT2D eigenvalue weighted by Crippen LogP contribution is 2.22. The van der Waals surface area contributed by atoms with Crippen molar-refractivity contribution >= 4 is 5.91 Å². The van der Waals surface area contributed by atoms with Crippen LogP contribution in [0.4, 0.5) is 4.39 Å². The van der Waals surface area contributed by atoms with E-state index >= 15 is 0 Å². The maximum atomic E-state index is 13.2. The largest absolute Gasteiger partial charge is 0.493 e. The minimum absolute atomic E-state index is 0.0543. The Morgan fingerprint density at radius 1 is 1.37 bits per heavy atom. The number of rotatable bonds is 7. The molecule has 1 saturated heterocycles. The fourth-order valence-electron chi connectivity index (χ4n) is 3.23. The van der Waals surface area contributed by atoms with E-state index in [0.29, 0.717) is 49.9 Å². The number of halogens is 1. The van der Waals surface area contributed by atoms with Gasteiger partial charge in [-0.1, -0.05) is 16.4 Å². The number of H-pyrrole nitrogens is 1. The number of ether oxygens (including phenoxy) is 2. The summed E-state index contributed by atoms with van der Waals surface area (Å²) in [5, 5.41) is 14.8. The topological polar surface area (TPSA) is 106 Å². The zero-order valence-electron chi connectivity index (χ0n) is 16.5. The second-order valence-corrected chi connectivity index (χ2v) is 7.05. The van der Waals surface area contributed by atoms with E-state index in [9.17, 15) is 9.18 Å².